The summed E-state index contributed by atoms with van der Waals surface area (Å²) in [5.41, 5.74) is -0.0533. The lowest BCUT2D eigenvalue weighted by molar-refractivity contribution is -0.386. The smallest absolute Gasteiger partial charge is 0.311 e. The fourth-order valence-corrected chi connectivity index (χ4v) is 1.34. The molecule has 0 atom stereocenters. The molecular weight excluding hydrogens is 301 g/mol. The van der Waals surface area contributed by atoms with E-state index in [1.54, 1.807) is 12.1 Å². The van der Waals surface area contributed by atoms with Crippen molar-refractivity contribution < 1.29 is 14.4 Å². The average molecular weight is 309 g/mol. The third-order valence-electron chi connectivity index (χ3n) is 1.45. The van der Waals surface area contributed by atoms with Crippen molar-refractivity contribution in [3.05, 3.63) is 31.9 Å². The Balaban J connectivity index is 2.97. The van der Waals surface area contributed by atoms with Crippen LogP contribution in [0.25, 0.3) is 0 Å². The molecular formula is C8H8INO4. The van der Waals surface area contributed by atoms with Gasteiger partial charge in [0.25, 0.3) is 0 Å². The molecule has 0 saturated carbocycles. The standard InChI is InChI=1S/C8H8INO4/c1-13-5-14-8-4-6(9)2-3-7(8)10(11)12/h2-4H,5H2,1H3. The molecule has 0 aliphatic carbocycles. The van der Waals surface area contributed by atoms with E-state index in [1.165, 1.54) is 13.2 Å². The lowest BCUT2D eigenvalue weighted by atomic mass is 10.3. The van der Waals surface area contributed by atoms with Crippen LogP contribution in [-0.4, -0.2) is 18.8 Å². The zero-order chi connectivity index (χ0) is 10.6. The molecule has 0 spiro atoms. The Hall–Kier alpha value is -0.890. The van der Waals surface area contributed by atoms with E-state index in [9.17, 15) is 10.1 Å². The number of hydrogen-bond acceptors (Lipinski definition) is 4. The van der Waals surface area contributed by atoms with E-state index < -0.39 is 4.92 Å². The highest BCUT2D eigenvalue weighted by Gasteiger charge is 2.14. The molecule has 1 aromatic rings. The van der Waals surface area contributed by atoms with E-state index in [1.807, 2.05) is 0 Å². The van der Waals surface area contributed by atoms with Crippen molar-refractivity contribution in [3.8, 4) is 5.75 Å². The molecule has 1 rings (SSSR count). The maximum absolute atomic E-state index is 10.6. The number of rotatable bonds is 4. The van der Waals surface area contributed by atoms with E-state index in [-0.39, 0.29) is 18.2 Å². The second-order valence-corrected chi connectivity index (χ2v) is 3.67. The van der Waals surface area contributed by atoms with Crippen LogP contribution in [0.4, 0.5) is 5.69 Å². The first kappa shape index (κ1) is 11.2. The molecule has 76 valence electrons. The van der Waals surface area contributed by atoms with Crippen LogP contribution in [0.5, 0.6) is 5.75 Å². The van der Waals surface area contributed by atoms with Crippen LogP contribution in [0.2, 0.25) is 0 Å². The van der Waals surface area contributed by atoms with Gasteiger partial charge in [-0.2, -0.15) is 0 Å². The minimum atomic E-state index is -0.485. The van der Waals surface area contributed by atoms with Gasteiger partial charge < -0.3 is 9.47 Å². The molecule has 0 aliphatic rings. The van der Waals surface area contributed by atoms with Crippen LogP contribution >= 0.6 is 22.6 Å². The summed E-state index contributed by atoms with van der Waals surface area (Å²) in [4.78, 5) is 10.1. The van der Waals surface area contributed by atoms with Crippen molar-refractivity contribution in [2.75, 3.05) is 13.9 Å². The van der Waals surface area contributed by atoms with Gasteiger partial charge >= 0.3 is 5.69 Å². The summed E-state index contributed by atoms with van der Waals surface area (Å²) < 4.78 is 10.6. The molecule has 5 nitrogen and oxygen atoms in total. The van der Waals surface area contributed by atoms with Gasteiger partial charge in [-0.1, -0.05) is 0 Å². The second-order valence-electron chi connectivity index (χ2n) is 2.42. The van der Waals surface area contributed by atoms with Gasteiger partial charge in [0.2, 0.25) is 5.75 Å². The first-order valence-electron chi connectivity index (χ1n) is 3.71. The number of halogens is 1. The number of nitro groups is 1. The van der Waals surface area contributed by atoms with Gasteiger partial charge in [-0.3, -0.25) is 10.1 Å². The van der Waals surface area contributed by atoms with Gasteiger partial charge in [-0.15, -0.1) is 0 Å². The summed E-state index contributed by atoms with van der Waals surface area (Å²) in [5.74, 6) is 0.226. The molecule has 0 saturated heterocycles. The lowest BCUT2D eigenvalue weighted by Gasteiger charge is -2.05. The maximum Gasteiger partial charge on any atom is 0.311 e. The predicted molar refractivity (Wildman–Crippen MR) is 58.3 cm³/mol. The van der Waals surface area contributed by atoms with E-state index in [4.69, 9.17) is 4.74 Å². The third-order valence-corrected chi connectivity index (χ3v) is 2.12. The van der Waals surface area contributed by atoms with Crippen LogP contribution in [0.15, 0.2) is 18.2 Å². The molecule has 0 heterocycles. The summed E-state index contributed by atoms with van der Waals surface area (Å²) in [6, 6.07) is 4.66. The van der Waals surface area contributed by atoms with Crippen molar-refractivity contribution in [1.29, 1.82) is 0 Å². The highest BCUT2D eigenvalue weighted by Crippen LogP contribution is 2.28. The first-order valence-corrected chi connectivity index (χ1v) is 4.78. The Bertz CT molecular complexity index is 342. The van der Waals surface area contributed by atoms with E-state index in [0.717, 1.165) is 3.57 Å². The summed E-state index contributed by atoms with van der Waals surface area (Å²) in [6.07, 6.45) is 0. The number of nitro benzene ring substituents is 1. The van der Waals surface area contributed by atoms with Crippen LogP contribution < -0.4 is 4.74 Å². The summed E-state index contributed by atoms with van der Waals surface area (Å²) in [6.45, 7) is 0.000926. The number of methoxy groups -OCH3 is 1. The molecule has 0 bridgehead atoms. The van der Waals surface area contributed by atoms with Gasteiger partial charge in [0, 0.05) is 22.8 Å². The Morgan fingerprint density at radius 3 is 2.86 bits per heavy atom. The lowest BCUT2D eigenvalue weighted by Crippen LogP contribution is -2.02. The summed E-state index contributed by atoms with van der Waals surface area (Å²) in [5, 5.41) is 10.6. The minimum absolute atomic E-state index is 0.000926. The van der Waals surface area contributed by atoms with Crippen LogP contribution in [0, 0.1) is 13.7 Å². The van der Waals surface area contributed by atoms with Crippen molar-refractivity contribution in [1.82, 2.24) is 0 Å². The van der Waals surface area contributed by atoms with Crippen LogP contribution in [0.3, 0.4) is 0 Å². The Labute approximate surface area is 94.3 Å². The fourth-order valence-electron chi connectivity index (χ4n) is 0.877. The zero-order valence-corrected chi connectivity index (χ0v) is 9.55. The molecule has 0 radical (unpaired) electrons. The highest BCUT2D eigenvalue weighted by atomic mass is 127. The fraction of sp³-hybridized carbons (Fsp3) is 0.250. The first-order chi connectivity index (χ1) is 6.65. The summed E-state index contributed by atoms with van der Waals surface area (Å²) >= 11 is 2.05. The summed E-state index contributed by atoms with van der Waals surface area (Å²) in [7, 11) is 1.46. The van der Waals surface area contributed by atoms with Gasteiger partial charge in [0.15, 0.2) is 6.79 Å². The number of benzene rings is 1. The second kappa shape index (κ2) is 5.11. The van der Waals surface area contributed by atoms with Gasteiger partial charge in [-0.05, 0) is 28.7 Å². The van der Waals surface area contributed by atoms with Crippen molar-refractivity contribution in [3.63, 3.8) is 0 Å². The number of nitrogens with zero attached hydrogens (tertiary/aromatic N) is 1. The molecule has 0 aliphatic heterocycles. The predicted octanol–water partition coefficient (Wildman–Crippen LogP) is 2.18. The molecule has 0 aromatic heterocycles. The van der Waals surface area contributed by atoms with Gasteiger partial charge in [0.1, 0.15) is 0 Å². The molecule has 0 unspecified atom stereocenters. The molecule has 6 heteroatoms. The largest absolute Gasteiger partial charge is 0.460 e. The third kappa shape index (κ3) is 2.81. The molecule has 14 heavy (non-hydrogen) atoms. The average Bonchev–Trinajstić information content (AvgIpc) is 2.14. The van der Waals surface area contributed by atoms with E-state index in [2.05, 4.69) is 27.3 Å². The highest BCUT2D eigenvalue weighted by molar-refractivity contribution is 14.1. The van der Waals surface area contributed by atoms with Crippen LogP contribution in [0.1, 0.15) is 0 Å². The van der Waals surface area contributed by atoms with Gasteiger partial charge in [-0.25, -0.2) is 0 Å². The number of ether oxygens (including phenoxy) is 2. The molecule has 0 N–H and O–H groups in total. The molecule has 0 amide bonds. The number of hydrogen-bond donors (Lipinski definition) is 0. The quantitative estimate of drug-likeness (QED) is 0.370. The molecule has 1 aromatic carbocycles. The SMILES string of the molecule is COCOc1cc(I)ccc1[N+](=O)[O-]. The minimum Gasteiger partial charge on any atom is -0.460 e. The molecule has 0 fully saturated rings. The topological polar surface area (TPSA) is 61.6 Å². The maximum atomic E-state index is 10.6. The Morgan fingerprint density at radius 1 is 1.57 bits per heavy atom. The zero-order valence-electron chi connectivity index (χ0n) is 7.40. The normalized spacial score (nSPS) is 9.86. The Morgan fingerprint density at radius 2 is 2.29 bits per heavy atom. The van der Waals surface area contributed by atoms with E-state index >= 15 is 0 Å². The van der Waals surface area contributed by atoms with E-state index in [0.29, 0.717) is 0 Å². The Kier molecular flexibility index (Phi) is 4.08. The van der Waals surface area contributed by atoms with Crippen molar-refractivity contribution in [2.24, 2.45) is 0 Å². The monoisotopic (exact) mass is 309 g/mol. The van der Waals surface area contributed by atoms with Crippen LogP contribution in [-0.2, 0) is 4.74 Å². The van der Waals surface area contributed by atoms with Gasteiger partial charge in [0.05, 0.1) is 4.92 Å². The van der Waals surface area contributed by atoms with Crippen molar-refractivity contribution >= 4 is 28.3 Å². The van der Waals surface area contributed by atoms with Crippen molar-refractivity contribution in [2.45, 2.75) is 0 Å².